The molecule has 0 N–H and O–H groups in total. The van der Waals surface area contributed by atoms with Crippen molar-refractivity contribution in [2.45, 2.75) is 46.3 Å². The number of rotatable bonds is 5. The minimum absolute atomic E-state index is 0.00274. The maximum atomic E-state index is 12.7. The Morgan fingerprint density at radius 1 is 1.22 bits per heavy atom. The van der Waals surface area contributed by atoms with Crippen LogP contribution in [0.3, 0.4) is 0 Å². The summed E-state index contributed by atoms with van der Waals surface area (Å²) < 4.78 is 1.64. The lowest BCUT2D eigenvalue weighted by Gasteiger charge is -2.36. The standard InChI is InChI=1S/C21H28N4O2/c1-14-21(16(3)26)15(2)25(22-14)13-20(27)24(5)12-19-10-17-8-6-7-9-18(17)11-23(19)4/h6-9,19H,10-13H2,1-5H3/t19-/m1/s1. The van der Waals surface area contributed by atoms with Crippen molar-refractivity contribution < 1.29 is 9.59 Å². The second-order valence-corrected chi connectivity index (χ2v) is 7.58. The predicted octanol–water partition coefficient (Wildman–Crippen LogP) is 2.22. The molecule has 27 heavy (non-hydrogen) atoms. The Balaban J connectivity index is 1.67. The minimum atomic E-state index is -0.0143. The van der Waals surface area contributed by atoms with E-state index in [9.17, 15) is 9.59 Å². The molecule has 2 heterocycles. The average Bonchev–Trinajstić information content (AvgIpc) is 2.89. The Morgan fingerprint density at radius 2 is 1.89 bits per heavy atom. The van der Waals surface area contributed by atoms with E-state index in [1.807, 2.05) is 20.9 Å². The van der Waals surface area contributed by atoms with Crippen molar-refractivity contribution in [3.05, 3.63) is 52.3 Å². The smallest absolute Gasteiger partial charge is 0.244 e. The average molecular weight is 368 g/mol. The normalized spacial score (nSPS) is 16.9. The minimum Gasteiger partial charge on any atom is -0.343 e. The van der Waals surface area contributed by atoms with E-state index in [-0.39, 0.29) is 18.2 Å². The van der Waals surface area contributed by atoms with Gasteiger partial charge in [0, 0.05) is 31.9 Å². The number of benzene rings is 1. The van der Waals surface area contributed by atoms with Gasteiger partial charge in [0.05, 0.1) is 11.3 Å². The van der Waals surface area contributed by atoms with E-state index in [2.05, 4.69) is 41.3 Å². The van der Waals surface area contributed by atoms with E-state index >= 15 is 0 Å². The van der Waals surface area contributed by atoms with Gasteiger partial charge in [-0.25, -0.2) is 0 Å². The lowest BCUT2D eigenvalue weighted by Crippen LogP contribution is -2.46. The van der Waals surface area contributed by atoms with Crippen molar-refractivity contribution in [3.8, 4) is 0 Å². The van der Waals surface area contributed by atoms with Crippen molar-refractivity contribution in [3.63, 3.8) is 0 Å². The van der Waals surface area contributed by atoms with Crippen molar-refractivity contribution in [1.82, 2.24) is 19.6 Å². The highest BCUT2D eigenvalue weighted by Gasteiger charge is 2.26. The number of nitrogens with zero attached hydrogens (tertiary/aromatic N) is 4. The van der Waals surface area contributed by atoms with Gasteiger partial charge < -0.3 is 4.90 Å². The van der Waals surface area contributed by atoms with Crippen molar-refractivity contribution in [2.75, 3.05) is 20.6 Å². The van der Waals surface area contributed by atoms with E-state index in [1.165, 1.54) is 18.1 Å². The Kier molecular flexibility index (Phi) is 5.46. The van der Waals surface area contributed by atoms with Crippen LogP contribution in [0.25, 0.3) is 0 Å². The Bertz CT molecular complexity index is 871. The zero-order chi connectivity index (χ0) is 19.7. The molecule has 0 aliphatic carbocycles. The summed E-state index contributed by atoms with van der Waals surface area (Å²) in [7, 11) is 3.95. The monoisotopic (exact) mass is 368 g/mol. The van der Waals surface area contributed by atoms with E-state index in [1.54, 1.807) is 9.58 Å². The molecule has 0 fully saturated rings. The number of aromatic nitrogens is 2. The fraction of sp³-hybridized carbons (Fsp3) is 0.476. The van der Waals surface area contributed by atoms with Crippen LogP contribution in [0.15, 0.2) is 24.3 Å². The molecule has 1 aliphatic heterocycles. The number of carbonyl (C=O) groups excluding carboxylic acids is 2. The largest absolute Gasteiger partial charge is 0.343 e. The van der Waals surface area contributed by atoms with Crippen LogP contribution >= 0.6 is 0 Å². The molecule has 3 rings (SSSR count). The number of aryl methyl sites for hydroxylation is 1. The molecule has 0 radical (unpaired) electrons. The maximum Gasteiger partial charge on any atom is 0.244 e. The lowest BCUT2D eigenvalue weighted by atomic mass is 9.94. The van der Waals surface area contributed by atoms with Crippen LogP contribution in [-0.4, -0.2) is 58.0 Å². The summed E-state index contributed by atoms with van der Waals surface area (Å²) in [5.41, 5.74) is 4.79. The number of ketones is 1. The van der Waals surface area contributed by atoms with Gasteiger partial charge in [0.2, 0.25) is 5.91 Å². The molecule has 0 unspecified atom stereocenters. The summed E-state index contributed by atoms with van der Waals surface area (Å²) in [5.74, 6) is -0.0116. The van der Waals surface area contributed by atoms with Gasteiger partial charge in [-0.2, -0.15) is 5.10 Å². The molecule has 2 aromatic rings. The molecule has 1 aromatic heterocycles. The lowest BCUT2D eigenvalue weighted by molar-refractivity contribution is -0.131. The van der Waals surface area contributed by atoms with Crippen molar-refractivity contribution in [2.24, 2.45) is 0 Å². The number of carbonyl (C=O) groups is 2. The highest BCUT2D eigenvalue weighted by molar-refractivity contribution is 5.96. The number of fused-ring (bicyclic) bond motifs is 1. The first-order valence-corrected chi connectivity index (χ1v) is 9.33. The Morgan fingerprint density at radius 3 is 2.52 bits per heavy atom. The molecule has 0 saturated carbocycles. The molecule has 1 aromatic carbocycles. The van der Waals surface area contributed by atoms with E-state index in [0.29, 0.717) is 23.8 Å². The molecular weight excluding hydrogens is 340 g/mol. The van der Waals surface area contributed by atoms with Gasteiger partial charge >= 0.3 is 0 Å². The quantitative estimate of drug-likeness (QED) is 0.760. The fourth-order valence-corrected chi connectivity index (χ4v) is 3.95. The summed E-state index contributed by atoms with van der Waals surface area (Å²) in [5, 5.41) is 4.38. The second kappa shape index (κ2) is 7.64. The van der Waals surface area contributed by atoms with Crippen LogP contribution in [0.4, 0.5) is 0 Å². The molecule has 1 amide bonds. The second-order valence-electron chi connectivity index (χ2n) is 7.58. The molecule has 0 spiro atoms. The number of Topliss-reactive ketones (excluding diaryl/α,β-unsaturated/α-hetero) is 1. The zero-order valence-corrected chi connectivity index (χ0v) is 16.8. The van der Waals surface area contributed by atoms with Gasteiger partial charge in [-0.3, -0.25) is 19.2 Å². The highest BCUT2D eigenvalue weighted by atomic mass is 16.2. The summed E-state index contributed by atoms with van der Waals surface area (Å²) >= 11 is 0. The molecule has 0 bridgehead atoms. The van der Waals surface area contributed by atoms with Crippen LogP contribution in [0, 0.1) is 13.8 Å². The van der Waals surface area contributed by atoms with Crippen LogP contribution in [0.1, 0.15) is 39.8 Å². The van der Waals surface area contributed by atoms with Gasteiger partial charge in [-0.15, -0.1) is 0 Å². The molecule has 0 saturated heterocycles. The van der Waals surface area contributed by atoms with E-state index in [4.69, 9.17) is 0 Å². The van der Waals surface area contributed by atoms with Gasteiger partial charge in [0.15, 0.2) is 5.78 Å². The third-order valence-electron chi connectivity index (χ3n) is 5.55. The SMILES string of the molecule is CC(=O)c1c(C)nn(CC(=O)N(C)C[C@H]2Cc3ccccc3CN2C)c1C. The van der Waals surface area contributed by atoms with Gasteiger partial charge in [-0.1, -0.05) is 24.3 Å². The van der Waals surface area contributed by atoms with Gasteiger partial charge in [0.25, 0.3) is 0 Å². The summed E-state index contributed by atoms with van der Waals surface area (Å²) in [6, 6.07) is 8.79. The van der Waals surface area contributed by atoms with Gasteiger partial charge in [-0.05, 0) is 45.4 Å². The number of hydrogen-bond donors (Lipinski definition) is 0. The van der Waals surface area contributed by atoms with Crippen LogP contribution in [0.2, 0.25) is 0 Å². The Hall–Kier alpha value is -2.47. The molecule has 6 heteroatoms. The number of amides is 1. The van der Waals surface area contributed by atoms with E-state index in [0.717, 1.165) is 18.7 Å². The number of likely N-dealkylation sites (N-methyl/N-ethyl adjacent to an activating group) is 2. The first kappa shape index (κ1) is 19.3. The Labute approximate surface area is 160 Å². The molecular formula is C21H28N4O2. The number of hydrogen-bond acceptors (Lipinski definition) is 4. The summed E-state index contributed by atoms with van der Waals surface area (Å²) in [6.45, 7) is 6.92. The first-order valence-electron chi connectivity index (χ1n) is 9.33. The third kappa shape index (κ3) is 3.95. The summed E-state index contributed by atoms with van der Waals surface area (Å²) in [6.07, 6.45) is 0.943. The zero-order valence-electron chi connectivity index (χ0n) is 16.8. The fourth-order valence-electron chi connectivity index (χ4n) is 3.95. The van der Waals surface area contributed by atoms with Crippen molar-refractivity contribution >= 4 is 11.7 Å². The van der Waals surface area contributed by atoms with Crippen molar-refractivity contribution in [1.29, 1.82) is 0 Å². The molecule has 6 nitrogen and oxygen atoms in total. The maximum absolute atomic E-state index is 12.7. The third-order valence-corrected chi connectivity index (χ3v) is 5.55. The molecule has 144 valence electrons. The topological polar surface area (TPSA) is 58.4 Å². The van der Waals surface area contributed by atoms with Gasteiger partial charge in [0.1, 0.15) is 6.54 Å². The van der Waals surface area contributed by atoms with Crippen LogP contribution in [-0.2, 0) is 24.3 Å². The van der Waals surface area contributed by atoms with Crippen LogP contribution < -0.4 is 0 Å². The van der Waals surface area contributed by atoms with Crippen LogP contribution in [0.5, 0.6) is 0 Å². The highest BCUT2D eigenvalue weighted by Crippen LogP contribution is 2.22. The molecule has 1 aliphatic rings. The van der Waals surface area contributed by atoms with E-state index < -0.39 is 0 Å². The molecule has 1 atom stereocenters. The predicted molar refractivity (Wildman–Crippen MR) is 105 cm³/mol. The summed E-state index contributed by atoms with van der Waals surface area (Å²) in [4.78, 5) is 28.6. The first-order chi connectivity index (χ1) is 12.8.